The summed E-state index contributed by atoms with van der Waals surface area (Å²) in [6.07, 6.45) is -0.792. The number of hydrogen-bond acceptors (Lipinski definition) is 8. The van der Waals surface area contributed by atoms with Gasteiger partial charge >= 0.3 is 5.97 Å². The van der Waals surface area contributed by atoms with Crippen LogP contribution in [-0.2, 0) is 25.6 Å². The lowest BCUT2D eigenvalue weighted by Crippen LogP contribution is -2.37. The maximum absolute atomic E-state index is 12.0. The summed E-state index contributed by atoms with van der Waals surface area (Å²) in [6.45, 7) is 0.559. The lowest BCUT2D eigenvalue weighted by atomic mass is 10.0. The number of tetrazole rings is 1. The second-order valence-electron chi connectivity index (χ2n) is 6.11. The molecular formula is C15H12N4O5S. The van der Waals surface area contributed by atoms with E-state index in [1.807, 2.05) is 0 Å². The van der Waals surface area contributed by atoms with E-state index in [0.717, 1.165) is 5.56 Å². The van der Waals surface area contributed by atoms with Gasteiger partial charge in [-0.2, -0.15) is 4.68 Å². The van der Waals surface area contributed by atoms with Gasteiger partial charge in [0, 0.05) is 12.0 Å². The van der Waals surface area contributed by atoms with Crippen LogP contribution in [0, 0.1) is 4.77 Å². The number of rotatable bonds is 2. The lowest BCUT2D eigenvalue weighted by Gasteiger charge is -2.25. The van der Waals surface area contributed by atoms with E-state index in [0.29, 0.717) is 22.6 Å². The SMILES string of the molecule is O=C1OCc2cc(-n3nnn([C@@H]4CC(=O)[C@H]5OC[C@H]4O5)c3=S)ccc21. The number of carbonyl (C=O) groups excluding carboxylic acids is 2. The molecule has 0 spiro atoms. The molecule has 2 saturated heterocycles. The van der Waals surface area contributed by atoms with Crippen LogP contribution < -0.4 is 0 Å². The van der Waals surface area contributed by atoms with Crippen molar-refractivity contribution in [3.63, 3.8) is 0 Å². The number of ketones is 1. The molecule has 3 aliphatic rings. The zero-order valence-electron chi connectivity index (χ0n) is 12.8. The molecule has 0 amide bonds. The largest absolute Gasteiger partial charge is 0.457 e. The van der Waals surface area contributed by atoms with Gasteiger partial charge in [-0.05, 0) is 40.8 Å². The first kappa shape index (κ1) is 14.9. The summed E-state index contributed by atoms with van der Waals surface area (Å²) in [5.41, 5.74) is 2.00. The molecule has 0 unspecified atom stereocenters. The van der Waals surface area contributed by atoms with E-state index >= 15 is 0 Å². The molecule has 3 atom stereocenters. The van der Waals surface area contributed by atoms with Crippen LogP contribution in [0.25, 0.3) is 5.69 Å². The zero-order chi connectivity index (χ0) is 17.1. The Balaban J connectivity index is 1.52. The average molecular weight is 360 g/mol. The van der Waals surface area contributed by atoms with Crippen molar-refractivity contribution in [2.45, 2.75) is 31.5 Å². The first-order chi connectivity index (χ1) is 12.1. The molecule has 128 valence electrons. The zero-order valence-corrected chi connectivity index (χ0v) is 13.6. The molecule has 9 nitrogen and oxygen atoms in total. The first-order valence-corrected chi connectivity index (χ1v) is 8.17. The van der Waals surface area contributed by atoms with Crippen molar-refractivity contribution in [3.8, 4) is 5.69 Å². The van der Waals surface area contributed by atoms with Gasteiger partial charge in [-0.25, -0.2) is 9.48 Å². The molecule has 3 aliphatic heterocycles. The van der Waals surface area contributed by atoms with E-state index in [1.165, 1.54) is 9.36 Å². The Kier molecular flexibility index (Phi) is 3.14. The number of fused-ring (bicyclic) bond motifs is 3. The molecular weight excluding hydrogens is 348 g/mol. The number of ether oxygens (including phenoxy) is 3. The molecule has 0 radical (unpaired) electrons. The van der Waals surface area contributed by atoms with Crippen LogP contribution in [0.2, 0.25) is 0 Å². The van der Waals surface area contributed by atoms with E-state index in [4.69, 9.17) is 26.4 Å². The number of aromatic nitrogens is 4. The average Bonchev–Trinajstić information content (AvgIpc) is 3.30. The molecule has 2 aromatic rings. The Morgan fingerprint density at radius 2 is 2.12 bits per heavy atom. The van der Waals surface area contributed by atoms with E-state index < -0.39 is 6.29 Å². The minimum absolute atomic E-state index is 0.122. The first-order valence-electron chi connectivity index (χ1n) is 7.76. The highest BCUT2D eigenvalue weighted by Gasteiger charge is 2.45. The summed E-state index contributed by atoms with van der Waals surface area (Å²) in [5.74, 6) is -0.453. The number of benzene rings is 1. The summed E-state index contributed by atoms with van der Waals surface area (Å²) in [4.78, 5) is 23.5. The van der Waals surface area contributed by atoms with Crippen LogP contribution in [-0.4, -0.2) is 50.5 Å². The quantitative estimate of drug-likeness (QED) is 0.571. The van der Waals surface area contributed by atoms with Gasteiger partial charge in [-0.15, -0.1) is 0 Å². The Hall–Kier alpha value is -2.43. The van der Waals surface area contributed by atoms with Gasteiger partial charge in [0.2, 0.25) is 11.1 Å². The predicted octanol–water partition coefficient (Wildman–Crippen LogP) is 0.724. The van der Waals surface area contributed by atoms with E-state index in [2.05, 4.69) is 10.4 Å². The lowest BCUT2D eigenvalue weighted by molar-refractivity contribution is -0.156. The normalized spacial score (nSPS) is 27.4. The summed E-state index contributed by atoms with van der Waals surface area (Å²) >= 11 is 5.49. The van der Waals surface area contributed by atoms with Crippen molar-refractivity contribution in [3.05, 3.63) is 34.1 Å². The molecule has 2 fully saturated rings. The molecule has 25 heavy (non-hydrogen) atoms. The molecule has 10 heteroatoms. The van der Waals surface area contributed by atoms with Gasteiger partial charge < -0.3 is 14.2 Å². The molecule has 0 N–H and O–H groups in total. The van der Waals surface area contributed by atoms with Crippen molar-refractivity contribution >= 4 is 24.0 Å². The van der Waals surface area contributed by atoms with Gasteiger partial charge in [0.15, 0.2) is 5.78 Å². The summed E-state index contributed by atoms with van der Waals surface area (Å²) in [5, 5.41) is 8.22. The smallest absolute Gasteiger partial charge is 0.338 e. The van der Waals surface area contributed by atoms with Crippen LogP contribution in [0.4, 0.5) is 0 Å². The molecule has 5 rings (SSSR count). The maximum atomic E-state index is 12.0. The Bertz CT molecular complexity index is 967. The van der Waals surface area contributed by atoms with E-state index in [1.54, 1.807) is 18.2 Å². The van der Waals surface area contributed by atoms with Crippen molar-refractivity contribution in [1.29, 1.82) is 0 Å². The molecule has 1 aromatic carbocycles. The molecule has 4 heterocycles. The van der Waals surface area contributed by atoms with Crippen molar-refractivity contribution < 1.29 is 23.8 Å². The van der Waals surface area contributed by atoms with Crippen molar-refractivity contribution in [1.82, 2.24) is 19.8 Å². The Morgan fingerprint density at radius 1 is 1.24 bits per heavy atom. The van der Waals surface area contributed by atoms with E-state index in [9.17, 15) is 9.59 Å². The fourth-order valence-electron chi connectivity index (χ4n) is 3.35. The highest BCUT2D eigenvalue weighted by atomic mass is 32.1. The van der Waals surface area contributed by atoms with Gasteiger partial charge in [0.05, 0.1) is 23.9 Å². The van der Waals surface area contributed by atoms with Crippen molar-refractivity contribution in [2.75, 3.05) is 6.61 Å². The number of carbonyl (C=O) groups is 2. The van der Waals surface area contributed by atoms with Gasteiger partial charge in [0.25, 0.3) is 0 Å². The fraction of sp³-hybridized carbons (Fsp3) is 0.400. The minimum atomic E-state index is -0.764. The number of esters is 1. The Labute approximate surface area is 146 Å². The molecule has 2 bridgehead atoms. The third-order valence-corrected chi connectivity index (χ3v) is 5.00. The fourth-order valence-corrected chi connectivity index (χ4v) is 3.66. The third-order valence-electron chi connectivity index (χ3n) is 4.64. The van der Waals surface area contributed by atoms with Crippen LogP contribution in [0.5, 0.6) is 0 Å². The second-order valence-corrected chi connectivity index (χ2v) is 6.48. The monoisotopic (exact) mass is 360 g/mol. The van der Waals surface area contributed by atoms with Gasteiger partial charge in [-0.3, -0.25) is 4.79 Å². The number of hydrogen-bond donors (Lipinski definition) is 0. The minimum Gasteiger partial charge on any atom is -0.457 e. The molecule has 0 aliphatic carbocycles. The highest BCUT2D eigenvalue weighted by Crippen LogP contribution is 2.32. The standard InChI is InChI=1S/C15H12N4O5S/c20-11-4-10(12-6-23-14(11)24-12)19-15(25)18(16-17-19)8-1-2-9-7(3-8)5-22-13(9)21/h1-3,10,12,14H,4-6H2/t10-,12-,14+/m1/s1. The van der Waals surface area contributed by atoms with Crippen LogP contribution in [0.1, 0.15) is 28.4 Å². The molecule has 1 aromatic heterocycles. The van der Waals surface area contributed by atoms with Crippen LogP contribution in [0.3, 0.4) is 0 Å². The Morgan fingerprint density at radius 3 is 3.00 bits per heavy atom. The molecule has 0 saturated carbocycles. The summed E-state index contributed by atoms with van der Waals surface area (Å²) in [6, 6.07) is 4.87. The number of Topliss-reactive ketones (excluding diaryl/α,β-unsaturated/α-hetero) is 1. The second kappa shape index (κ2) is 5.28. The van der Waals surface area contributed by atoms with E-state index in [-0.39, 0.29) is 36.9 Å². The highest BCUT2D eigenvalue weighted by molar-refractivity contribution is 7.71. The van der Waals surface area contributed by atoms with Crippen LogP contribution >= 0.6 is 12.2 Å². The maximum Gasteiger partial charge on any atom is 0.338 e. The van der Waals surface area contributed by atoms with Gasteiger partial charge in [0.1, 0.15) is 12.7 Å². The van der Waals surface area contributed by atoms with Gasteiger partial charge in [-0.1, -0.05) is 0 Å². The number of nitrogens with zero attached hydrogens (tertiary/aromatic N) is 4. The topological polar surface area (TPSA) is 97.5 Å². The summed E-state index contributed by atoms with van der Waals surface area (Å²) < 4.78 is 19.2. The predicted molar refractivity (Wildman–Crippen MR) is 82.6 cm³/mol. The van der Waals surface area contributed by atoms with Crippen molar-refractivity contribution in [2.24, 2.45) is 0 Å². The summed E-state index contributed by atoms with van der Waals surface area (Å²) in [7, 11) is 0. The number of cyclic esters (lactones) is 1. The third kappa shape index (κ3) is 2.18. The van der Waals surface area contributed by atoms with Crippen LogP contribution in [0.15, 0.2) is 18.2 Å².